The Labute approximate surface area is 142 Å². The van der Waals surface area contributed by atoms with Gasteiger partial charge in [-0.05, 0) is 30.5 Å². The molecule has 136 valence electrons. The fourth-order valence-corrected chi connectivity index (χ4v) is 2.83. The fraction of sp³-hybridized carbons (Fsp3) is 0.438. The smallest absolute Gasteiger partial charge is 0.356 e. The summed E-state index contributed by atoms with van der Waals surface area (Å²) in [4.78, 5) is 22.8. The average molecular weight is 357 g/mol. The zero-order valence-electron chi connectivity index (χ0n) is 13.7. The van der Waals surface area contributed by atoms with Gasteiger partial charge in [-0.1, -0.05) is 26.0 Å². The predicted molar refractivity (Wildman–Crippen MR) is 84.9 cm³/mol. The minimum Gasteiger partial charge on any atom is -0.356 e. The number of nitrogens with one attached hydrogen (secondary N) is 2. The standard InChI is InChI=1S/C16H18F3N3O3/c1-3-15(4-2)9-12(23)21-22-13(15)10-5-7-11(8-6-10)20-14(24)25-16(17,18)19/h5-8H,3-4,9H2,1-2H3,(H,20,24)(H,21,23). The summed E-state index contributed by atoms with van der Waals surface area (Å²) in [6.45, 7) is 3.95. The zero-order valence-corrected chi connectivity index (χ0v) is 13.7. The molecule has 2 rings (SSSR count). The Balaban J connectivity index is 2.19. The van der Waals surface area contributed by atoms with Gasteiger partial charge in [0.2, 0.25) is 5.91 Å². The number of amides is 2. The Morgan fingerprint density at radius 2 is 1.88 bits per heavy atom. The summed E-state index contributed by atoms with van der Waals surface area (Å²) >= 11 is 0. The summed E-state index contributed by atoms with van der Waals surface area (Å²) < 4.78 is 39.2. The molecule has 1 aliphatic heterocycles. The molecule has 25 heavy (non-hydrogen) atoms. The number of hydrogen-bond acceptors (Lipinski definition) is 4. The Kier molecular flexibility index (Phi) is 5.34. The number of hydrazone groups is 1. The van der Waals surface area contributed by atoms with E-state index in [1.807, 2.05) is 19.2 Å². The summed E-state index contributed by atoms with van der Waals surface area (Å²) in [7, 11) is 0. The van der Waals surface area contributed by atoms with E-state index in [1.165, 1.54) is 12.1 Å². The Hall–Kier alpha value is -2.58. The third-order valence-corrected chi connectivity index (χ3v) is 4.26. The molecule has 2 N–H and O–H groups in total. The quantitative estimate of drug-likeness (QED) is 0.860. The maximum atomic E-state index is 12.0. The number of nitrogens with zero attached hydrogens (tertiary/aromatic N) is 1. The monoisotopic (exact) mass is 357 g/mol. The van der Waals surface area contributed by atoms with Crippen LogP contribution in [0.2, 0.25) is 0 Å². The SMILES string of the molecule is CCC1(CC)CC(=O)NN=C1c1ccc(NC(=O)OC(F)(F)F)cc1. The molecule has 1 aromatic rings. The van der Waals surface area contributed by atoms with Crippen molar-refractivity contribution in [3.05, 3.63) is 29.8 Å². The van der Waals surface area contributed by atoms with E-state index < -0.39 is 17.9 Å². The van der Waals surface area contributed by atoms with Crippen LogP contribution in [0.15, 0.2) is 29.4 Å². The molecule has 9 heteroatoms. The Bertz CT molecular complexity index is 680. The largest absolute Gasteiger partial charge is 0.576 e. The number of carbonyl (C=O) groups excluding carboxylic acids is 2. The summed E-state index contributed by atoms with van der Waals surface area (Å²) in [5.74, 6) is -0.152. The molecule has 1 aliphatic rings. The first kappa shape index (κ1) is 18.8. The molecule has 0 aromatic heterocycles. The van der Waals surface area contributed by atoms with Crippen LogP contribution in [0.1, 0.15) is 38.7 Å². The van der Waals surface area contributed by atoms with E-state index in [-0.39, 0.29) is 11.6 Å². The molecule has 2 amide bonds. The van der Waals surface area contributed by atoms with Crippen molar-refractivity contribution in [2.45, 2.75) is 39.5 Å². The Morgan fingerprint density at radius 1 is 1.28 bits per heavy atom. The van der Waals surface area contributed by atoms with E-state index in [0.717, 1.165) is 5.56 Å². The highest BCUT2D eigenvalue weighted by atomic mass is 19.4. The summed E-state index contributed by atoms with van der Waals surface area (Å²) in [5.41, 5.74) is 3.65. The third kappa shape index (κ3) is 4.49. The van der Waals surface area contributed by atoms with E-state index >= 15 is 0 Å². The molecule has 0 unspecified atom stereocenters. The van der Waals surface area contributed by atoms with Gasteiger partial charge in [-0.15, -0.1) is 13.2 Å². The van der Waals surface area contributed by atoms with Gasteiger partial charge in [0.1, 0.15) is 0 Å². The molecule has 0 aliphatic carbocycles. The van der Waals surface area contributed by atoms with E-state index in [9.17, 15) is 22.8 Å². The molecule has 1 aromatic carbocycles. The number of benzene rings is 1. The lowest BCUT2D eigenvalue weighted by Crippen LogP contribution is -2.42. The molecule has 0 bridgehead atoms. The molecule has 0 spiro atoms. The van der Waals surface area contributed by atoms with Gasteiger partial charge in [0.05, 0.1) is 5.71 Å². The van der Waals surface area contributed by atoms with Crippen LogP contribution in [0.3, 0.4) is 0 Å². The second-order valence-corrected chi connectivity index (χ2v) is 5.70. The summed E-state index contributed by atoms with van der Waals surface area (Å²) in [6.07, 6.45) is -4.90. The first-order valence-electron chi connectivity index (χ1n) is 7.73. The molecule has 0 atom stereocenters. The molecule has 0 saturated heterocycles. The predicted octanol–water partition coefficient (Wildman–Crippen LogP) is 3.79. The van der Waals surface area contributed by atoms with Gasteiger partial charge in [0.25, 0.3) is 0 Å². The van der Waals surface area contributed by atoms with Gasteiger partial charge in [-0.3, -0.25) is 10.1 Å². The van der Waals surface area contributed by atoms with Crippen molar-refractivity contribution in [1.29, 1.82) is 0 Å². The molecular formula is C16H18F3N3O3. The second kappa shape index (κ2) is 7.12. The van der Waals surface area contributed by atoms with Gasteiger partial charge in [0.15, 0.2) is 0 Å². The molecule has 0 radical (unpaired) electrons. The number of alkyl halides is 3. The molecule has 6 nitrogen and oxygen atoms in total. The van der Waals surface area contributed by atoms with Crippen LogP contribution >= 0.6 is 0 Å². The van der Waals surface area contributed by atoms with Crippen molar-refractivity contribution in [3.8, 4) is 0 Å². The van der Waals surface area contributed by atoms with Gasteiger partial charge in [-0.2, -0.15) is 5.10 Å². The van der Waals surface area contributed by atoms with E-state index in [2.05, 4.69) is 15.3 Å². The van der Waals surface area contributed by atoms with Crippen molar-refractivity contribution >= 4 is 23.4 Å². The third-order valence-electron chi connectivity index (χ3n) is 4.26. The molecule has 0 fully saturated rings. The van der Waals surface area contributed by atoms with E-state index in [4.69, 9.17) is 0 Å². The highest BCUT2D eigenvalue weighted by Gasteiger charge is 2.38. The van der Waals surface area contributed by atoms with E-state index in [0.29, 0.717) is 25.0 Å². The Morgan fingerprint density at radius 3 is 2.40 bits per heavy atom. The van der Waals surface area contributed by atoms with Gasteiger partial charge >= 0.3 is 12.5 Å². The van der Waals surface area contributed by atoms with Crippen LogP contribution in [-0.2, 0) is 9.53 Å². The highest BCUT2D eigenvalue weighted by molar-refractivity contribution is 6.08. The first-order chi connectivity index (χ1) is 11.7. The molecule has 0 saturated carbocycles. The number of halogens is 3. The number of hydrogen-bond donors (Lipinski definition) is 2. The minimum absolute atomic E-state index is 0.150. The van der Waals surface area contributed by atoms with Crippen LogP contribution in [0.25, 0.3) is 0 Å². The lowest BCUT2D eigenvalue weighted by atomic mass is 9.72. The number of ether oxygens (including phenoxy) is 1. The molecular weight excluding hydrogens is 339 g/mol. The number of anilines is 1. The van der Waals surface area contributed by atoms with Gasteiger partial charge < -0.3 is 4.74 Å². The summed E-state index contributed by atoms with van der Waals surface area (Å²) in [6, 6.07) is 6.14. The average Bonchev–Trinajstić information content (AvgIpc) is 2.53. The first-order valence-corrected chi connectivity index (χ1v) is 7.73. The lowest BCUT2D eigenvalue weighted by Gasteiger charge is -2.35. The van der Waals surface area contributed by atoms with Crippen LogP contribution in [0.5, 0.6) is 0 Å². The second-order valence-electron chi connectivity index (χ2n) is 5.70. The van der Waals surface area contributed by atoms with Crippen molar-refractivity contribution in [3.63, 3.8) is 0 Å². The maximum absolute atomic E-state index is 12.0. The zero-order chi connectivity index (χ0) is 18.7. The highest BCUT2D eigenvalue weighted by Crippen LogP contribution is 2.37. The van der Waals surface area contributed by atoms with Gasteiger partial charge in [-0.25, -0.2) is 10.2 Å². The van der Waals surface area contributed by atoms with Crippen LogP contribution in [0.4, 0.5) is 23.7 Å². The van der Waals surface area contributed by atoms with Crippen LogP contribution in [0, 0.1) is 5.41 Å². The minimum atomic E-state index is -5.04. The summed E-state index contributed by atoms with van der Waals surface area (Å²) in [5, 5.41) is 6.16. The van der Waals surface area contributed by atoms with Gasteiger partial charge in [0, 0.05) is 17.5 Å². The molecule has 1 heterocycles. The van der Waals surface area contributed by atoms with Crippen molar-refractivity contribution in [2.75, 3.05) is 5.32 Å². The topological polar surface area (TPSA) is 79.8 Å². The van der Waals surface area contributed by atoms with E-state index in [1.54, 1.807) is 12.1 Å². The maximum Gasteiger partial charge on any atom is 0.576 e. The normalized spacial score (nSPS) is 16.7. The van der Waals surface area contributed by atoms with Crippen LogP contribution < -0.4 is 10.7 Å². The lowest BCUT2D eigenvalue weighted by molar-refractivity contribution is -0.289. The van der Waals surface area contributed by atoms with Crippen molar-refractivity contribution < 1.29 is 27.5 Å². The number of rotatable bonds is 4. The fourth-order valence-electron chi connectivity index (χ4n) is 2.83. The van der Waals surface area contributed by atoms with Crippen molar-refractivity contribution in [1.82, 2.24) is 5.43 Å². The van der Waals surface area contributed by atoms with Crippen molar-refractivity contribution in [2.24, 2.45) is 10.5 Å². The van der Waals surface area contributed by atoms with Crippen LogP contribution in [-0.4, -0.2) is 24.1 Å². The number of carbonyl (C=O) groups is 2.